The summed E-state index contributed by atoms with van der Waals surface area (Å²) >= 11 is 6.28. The van der Waals surface area contributed by atoms with E-state index in [0.29, 0.717) is 27.6 Å². The molecular weight excluding hydrogens is 402 g/mol. The molecule has 0 radical (unpaired) electrons. The van der Waals surface area contributed by atoms with Crippen molar-refractivity contribution in [2.24, 2.45) is 0 Å². The normalized spacial score (nSPS) is 17.7. The Morgan fingerprint density at radius 2 is 1.70 bits per heavy atom. The first-order valence-electron chi connectivity index (χ1n) is 9.49. The number of rotatable bonds is 6. The number of Topliss-reactive ketones (excluding diaryl/α,β-unsaturated/α-hetero) is 1. The summed E-state index contributed by atoms with van der Waals surface area (Å²) in [5, 5.41) is 12.0. The van der Waals surface area contributed by atoms with Crippen molar-refractivity contribution >= 4 is 29.0 Å². The van der Waals surface area contributed by atoms with Crippen LogP contribution in [0, 0.1) is 0 Å². The number of carbonyl (C=O) groups excluding carboxylic acids is 2. The van der Waals surface area contributed by atoms with Crippen LogP contribution in [0.25, 0.3) is 0 Å². The van der Waals surface area contributed by atoms with E-state index in [1.807, 2.05) is 18.2 Å². The van der Waals surface area contributed by atoms with Crippen LogP contribution in [0.3, 0.4) is 0 Å². The fourth-order valence-electron chi connectivity index (χ4n) is 3.83. The smallest absolute Gasteiger partial charge is 0.264 e. The van der Waals surface area contributed by atoms with E-state index < -0.39 is 11.5 Å². The van der Waals surface area contributed by atoms with E-state index in [4.69, 9.17) is 16.3 Å². The van der Waals surface area contributed by atoms with Crippen LogP contribution < -0.4 is 9.64 Å². The zero-order chi connectivity index (χ0) is 21.3. The van der Waals surface area contributed by atoms with Crippen molar-refractivity contribution in [2.75, 3.05) is 12.0 Å². The molecule has 5 nitrogen and oxygen atoms in total. The summed E-state index contributed by atoms with van der Waals surface area (Å²) in [5.74, 6) is -0.526. The van der Waals surface area contributed by atoms with Gasteiger partial charge in [0.15, 0.2) is 11.4 Å². The number of ether oxygens (including phenoxy) is 1. The molecule has 0 aliphatic carbocycles. The SMILES string of the molecule is COc1ccccc1C(=O)C[C@@]1(O)C(=O)N(Cc2ccccc2Cl)c2ccccc21. The number of methoxy groups -OCH3 is 1. The molecule has 4 rings (SSSR count). The zero-order valence-electron chi connectivity index (χ0n) is 16.3. The average Bonchev–Trinajstić information content (AvgIpc) is 2.97. The van der Waals surface area contributed by atoms with Crippen molar-refractivity contribution in [2.45, 2.75) is 18.6 Å². The quantitative estimate of drug-likeness (QED) is 0.601. The van der Waals surface area contributed by atoms with Gasteiger partial charge in [0.1, 0.15) is 5.75 Å². The highest BCUT2D eigenvalue weighted by atomic mass is 35.5. The summed E-state index contributed by atoms with van der Waals surface area (Å²) in [6.07, 6.45) is -0.387. The van der Waals surface area contributed by atoms with Crippen LogP contribution in [0.2, 0.25) is 5.02 Å². The van der Waals surface area contributed by atoms with Crippen LogP contribution in [0.5, 0.6) is 5.75 Å². The van der Waals surface area contributed by atoms with Crippen LogP contribution in [0.1, 0.15) is 27.9 Å². The fraction of sp³-hybridized carbons (Fsp3) is 0.167. The van der Waals surface area contributed by atoms with Gasteiger partial charge in [0.05, 0.1) is 31.3 Å². The Balaban J connectivity index is 1.70. The number of carbonyl (C=O) groups is 2. The number of hydrogen-bond donors (Lipinski definition) is 1. The molecule has 3 aromatic carbocycles. The van der Waals surface area contributed by atoms with Gasteiger partial charge >= 0.3 is 0 Å². The molecule has 0 unspecified atom stereocenters. The largest absolute Gasteiger partial charge is 0.496 e. The molecule has 1 N–H and O–H groups in total. The minimum atomic E-state index is -1.96. The molecule has 0 aromatic heterocycles. The molecule has 1 heterocycles. The van der Waals surface area contributed by atoms with Gasteiger partial charge in [-0.2, -0.15) is 0 Å². The predicted molar refractivity (Wildman–Crippen MR) is 115 cm³/mol. The van der Waals surface area contributed by atoms with Crippen molar-refractivity contribution in [3.63, 3.8) is 0 Å². The Morgan fingerprint density at radius 1 is 1.03 bits per heavy atom. The molecule has 1 atom stereocenters. The lowest BCUT2D eigenvalue weighted by Crippen LogP contribution is -2.41. The summed E-state index contributed by atoms with van der Waals surface area (Å²) in [6, 6.07) is 21.0. The topological polar surface area (TPSA) is 66.8 Å². The molecule has 0 fully saturated rings. The monoisotopic (exact) mass is 421 g/mol. The van der Waals surface area contributed by atoms with E-state index in [0.717, 1.165) is 5.56 Å². The Morgan fingerprint density at radius 3 is 2.47 bits per heavy atom. The Labute approximate surface area is 179 Å². The van der Waals surface area contributed by atoms with E-state index in [2.05, 4.69) is 0 Å². The number of fused-ring (bicyclic) bond motifs is 1. The summed E-state index contributed by atoms with van der Waals surface area (Å²) in [5.41, 5.74) is 0.0874. The standard InChI is InChI=1S/C24H20ClNO4/c1-30-22-13-7-3-9-17(22)21(27)14-24(29)18-10-4-6-12-20(18)26(23(24)28)15-16-8-2-5-11-19(16)25/h2-13,29H,14-15H2,1H3/t24-/m0/s1. The van der Waals surface area contributed by atoms with Crippen molar-refractivity contribution in [1.29, 1.82) is 0 Å². The van der Waals surface area contributed by atoms with Crippen molar-refractivity contribution in [3.8, 4) is 5.75 Å². The summed E-state index contributed by atoms with van der Waals surface area (Å²) in [6.45, 7) is 0.195. The van der Waals surface area contributed by atoms with E-state index in [1.54, 1.807) is 54.6 Å². The number of aliphatic hydroxyl groups is 1. The van der Waals surface area contributed by atoms with Gasteiger partial charge in [-0.15, -0.1) is 0 Å². The first kappa shape index (κ1) is 20.1. The van der Waals surface area contributed by atoms with Gasteiger partial charge in [-0.05, 0) is 29.8 Å². The second-order valence-electron chi connectivity index (χ2n) is 7.16. The molecule has 3 aromatic rings. The Kier molecular flexibility index (Phi) is 5.33. The molecule has 6 heteroatoms. The molecular formula is C24H20ClNO4. The van der Waals surface area contributed by atoms with Crippen LogP contribution in [-0.4, -0.2) is 23.9 Å². The number of ketones is 1. The van der Waals surface area contributed by atoms with E-state index in [9.17, 15) is 14.7 Å². The molecule has 1 aliphatic heterocycles. The average molecular weight is 422 g/mol. The number of para-hydroxylation sites is 2. The third-order valence-electron chi connectivity index (χ3n) is 5.35. The number of nitrogens with zero attached hydrogens (tertiary/aromatic N) is 1. The maximum atomic E-state index is 13.4. The minimum Gasteiger partial charge on any atom is -0.496 e. The number of anilines is 1. The van der Waals surface area contributed by atoms with Gasteiger partial charge in [-0.1, -0.05) is 60.1 Å². The number of amides is 1. The number of benzene rings is 3. The van der Waals surface area contributed by atoms with Crippen LogP contribution in [0.4, 0.5) is 5.69 Å². The van der Waals surface area contributed by atoms with E-state index in [-0.39, 0.29) is 18.7 Å². The molecule has 30 heavy (non-hydrogen) atoms. The minimum absolute atomic E-state index is 0.195. The lowest BCUT2D eigenvalue weighted by atomic mass is 9.88. The maximum Gasteiger partial charge on any atom is 0.264 e. The maximum absolute atomic E-state index is 13.4. The molecule has 0 bridgehead atoms. The van der Waals surface area contributed by atoms with Crippen LogP contribution >= 0.6 is 11.6 Å². The van der Waals surface area contributed by atoms with Crippen LogP contribution in [0.15, 0.2) is 72.8 Å². The van der Waals surface area contributed by atoms with Gasteiger partial charge in [0, 0.05) is 10.6 Å². The van der Waals surface area contributed by atoms with Gasteiger partial charge in [0.25, 0.3) is 5.91 Å². The lowest BCUT2D eigenvalue weighted by Gasteiger charge is -2.23. The van der Waals surface area contributed by atoms with Crippen molar-refractivity contribution in [1.82, 2.24) is 0 Å². The lowest BCUT2D eigenvalue weighted by molar-refractivity contribution is -0.136. The zero-order valence-corrected chi connectivity index (χ0v) is 17.1. The van der Waals surface area contributed by atoms with Crippen molar-refractivity contribution < 1.29 is 19.4 Å². The fourth-order valence-corrected chi connectivity index (χ4v) is 4.03. The number of hydrogen-bond acceptors (Lipinski definition) is 4. The van der Waals surface area contributed by atoms with E-state index >= 15 is 0 Å². The summed E-state index contributed by atoms with van der Waals surface area (Å²) < 4.78 is 5.26. The van der Waals surface area contributed by atoms with E-state index in [1.165, 1.54) is 12.0 Å². The summed E-state index contributed by atoms with van der Waals surface area (Å²) in [4.78, 5) is 27.9. The molecule has 1 aliphatic rings. The summed E-state index contributed by atoms with van der Waals surface area (Å²) in [7, 11) is 1.47. The highest BCUT2D eigenvalue weighted by Crippen LogP contribution is 2.44. The number of halogens is 1. The molecule has 152 valence electrons. The third-order valence-corrected chi connectivity index (χ3v) is 5.72. The second kappa shape index (κ2) is 7.94. The highest BCUT2D eigenvalue weighted by Gasteiger charge is 2.51. The Bertz CT molecular complexity index is 1130. The Hall–Kier alpha value is -3.15. The molecule has 0 spiro atoms. The highest BCUT2D eigenvalue weighted by molar-refractivity contribution is 6.31. The van der Waals surface area contributed by atoms with Gasteiger partial charge in [0.2, 0.25) is 0 Å². The molecule has 1 amide bonds. The van der Waals surface area contributed by atoms with Gasteiger partial charge < -0.3 is 14.7 Å². The molecule has 0 saturated heterocycles. The second-order valence-corrected chi connectivity index (χ2v) is 7.57. The van der Waals surface area contributed by atoms with Gasteiger partial charge in [-0.3, -0.25) is 9.59 Å². The first-order valence-corrected chi connectivity index (χ1v) is 9.87. The van der Waals surface area contributed by atoms with Gasteiger partial charge in [-0.25, -0.2) is 0 Å². The molecule has 0 saturated carbocycles. The first-order chi connectivity index (χ1) is 14.5. The third kappa shape index (κ3) is 3.36. The predicted octanol–water partition coefficient (Wildman–Crippen LogP) is 4.36. The van der Waals surface area contributed by atoms with Crippen LogP contribution in [-0.2, 0) is 16.9 Å². The van der Waals surface area contributed by atoms with Crippen molar-refractivity contribution in [3.05, 3.63) is 94.5 Å².